The third-order valence-electron chi connectivity index (χ3n) is 4.67. The lowest BCUT2D eigenvalue weighted by Gasteiger charge is -2.22. The minimum Gasteiger partial charge on any atom is -0.316 e. The van der Waals surface area contributed by atoms with Crippen molar-refractivity contribution in [3.8, 4) is 0 Å². The number of nitrogens with one attached hydrogen (secondary N) is 1. The van der Waals surface area contributed by atoms with Crippen LogP contribution in [0.1, 0.15) is 77.8 Å². The van der Waals surface area contributed by atoms with Crippen molar-refractivity contribution in [2.45, 2.75) is 66.7 Å². The highest BCUT2D eigenvalue weighted by Crippen LogP contribution is 2.31. The summed E-state index contributed by atoms with van der Waals surface area (Å²) in [6.45, 7) is 19.0. The summed E-state index contributed by atoms with van der Waals surface area (Å²) in [5, 5.41) is 3.34. The maximum atomic E-state index is 4.43. The Kier molecular flexibility index (Phi) is 7.96. The lowest BCUT2D eigenvalue weighted by atomic mass is 9.84. The molecule has 0 aliphatic carbocycles. The lowest BCUT2D eigenvalue weighted by molar-refractivity contribution is 0.376. The van der Waals surface area contributed by atoms with Gasteiger partial charge in [0.1, 0.15) is 0 Å². The highest BCUT2D eigenvalue weighted by molar-refractivity contribution is 5.78. The van der Waals surface area contributed by atoms with Gasteiger partial charge in [0.15, 0.2) is 0 Å². The average Bonchev–Trinajstić information content (AvgIpc) is 2.52. The largest absolute Gasteiger partial charge is 0.316 e. The zero-order valence-corrected chi connectivity index (χ0v) is 16.9. The molecule has 0 fully saturated rings. The second kappa shape index (κ2) is 9.22. The minimum absolute atomic E-state index is 0.366. The van der Waals surface area contributed by atoms with Crippen molar-refractivity contribution < 1.29 is 0 Å². The highest BCUT2D eigenvalue weighted by atomic mass is 14.8. The second-order valence-electron chi connectivity index (χ2n) is 8.28. The molecule has 0 unspecified atom stereocenters. The molecule has 0 saturated carbocycles. The Bertz CT molecular complexity index is 553. The van der Waals surface area contributed by atoms with Crippen LogP contribution >= 0.6 is 0 Å². The molecule has 0 aliphatic heterocycles. The van der Waals surface area contributed by atoms with Crippen molar-refractivity contribution in [1.29, 1.82) is 0 Å². The van der Waals surface area contributed by atoms with Gasteiger partial charge in [0, 0.05) is 6.54 Å². The van der Waals surface area contributed by atoms with Crippen molar-refractivity contribution in [3.63, 3.8) is 0 Å². The molecular formula is C23H37N. The summed E-state index contributed by atoms with van der Waals surface area (Å²) in [5.74, 6) is 0.567. The third-order valence-corrected chi connectivity index (χ3v) is 4.67. The smallest absolute Gasteiger partial charge is 0.0207 e. The number of hydrogen-bond donors (Lipinski definition) is 1. The predicted molar refractivity (Wildman–Crippen MR) is 109 cm³/mol. The van der Waals surface area contributed by atoms with E-state index in [4.69, 9.17) is 0 Å². The van der Waals surface area contributed by atoms with E-state index < -0.39 is 0 Å². The summed E-state index contributed by atoms with van der Waals surface area (Å²) in [5.41, 5.74) is 7.09. The summed E-state index contributed by atoms with van der Waals surface area (Å²) < 4.78 is 0. The average molecular weight is 328 g/mol. The maximum absolute atomic E-state index is 4.43. The van der Waals surface area contributed by atoms with Crippen LogP contribution in [0.3, 0.4) is 0 Å². The van der Waals surface area contributed by atoms with Crippen LogP contribution in [-0.2, 0) is 0 Å². The first kappa shape index (κ1) is 20.7. The molecule has 134 valence electrons. The fraction of sp³-hybridized carbons (Fsp3) is 0.565. The first-order chi connectivity index (χ1) is 11.2. The Morgan fingerprint density at radius 2 is 1.71 bits per heavy atom. The van der Waals surface area contributed by atoms with Crippen molar-refractivity contribution in [1.82, 2.24) is 5.32 Å². The molecule has 1 rings (SSSR count). The zero-order valence-electron chi connectivity index (χ0n) is 16.9. The standard InChI is InChI=1S/C23H37N/c1-9-19(14-15-23(5,6)7)22(16-24-8)18(4)21-12-10-20(11-13-21)17(2)3/h10-13,17,24H,4,9,14-16H2,1-3,5-8H3/b22-19+. The van der Waals surface area contributed by atoms with Crippen LogP contribution in [0.25, 0.3) is 5.57 Å². The van der Waals surface area contributed by atoms with Crippen LogP contribution in [0, 0.1) is 5.41 Å². The molecule has 0 aliphatic rings. The molecule has 1 N–H and O–H groups in total. The Balaban J connectivity index is 3.11. The van der Waals surface area contributed by atoms with Crippen LogP contribution in [0.4, 0.5) is 0 Å². The fourth-order valence-corrected chi connectivity index (χ4v) is 2.93. The monoisotopic (exact) mass is 327 g/mol. The normalized spacial score (nSPS) is 13.2. The first-order valence-corrected chi connectivity index (χ1v) is 9.34. The van der Waals surface area contributed by atoms with E-state index in [9.17, 15) is 0 Å². The van der Waals surface area contributed by atoms with Crippen molar-refractivity contribution >= 4 is 5.57 Å². The van der Waals surface area contributed by atoms with E-state index in [-0.39, 0.29) is 0 Å². The van der Waals surface area contributed by atoms with Gasteiger partial charge in [-0.1, -0.05) is 78.0 Å². The Morgan fingerprint density at radius 1 is 1.12 bits per heavy atom. The molecule has 0 heterocycles. The number of benzene rings is 1. The lowest BCUT2D eigenvalue weighted by Crippen LogP contribution is -2.14. The number of allylic oxidation sites excluding steroid dienone is 1. The predicted octanol–water partition coefficient (Wildman–Crippen LogP) is 6.58. The summed E-state index contributed by atoms with van der Waals surface area (Å²) >= 11 is 0. The Hall–Kier alpha value is -1.34. The van der Waals surface area contributed by atoms with E-state index in [1.807, 2.05) is 7.05 Å². The van der Waals surface area contributed by atoms with Gasteiger partial charge in [-0.15, -0.1) is 0 Å². The van der Waals surface area contributed by atoms with Gasteiger partial charge in [0.25, 0.3) is 0 Å². The van der Waals surface area contributed by atoms with Crippen LogP contribution in [0.5, 0.6) is 0 Å². The molecule has 0 saturated heterocycles. The third kappa shape index (κ3) is 6.28. The van der Waals surface area contributed by atoms with Gasteiger partial charge >= 0.3 is 0 Å². The molecule has 0 amide bonds. The SMILES string of the molecule is C=C(/C(CNC)=C(\CC)CCC(C)(C)C)c1ccc(C(C)C)cc1. The Morgan fingerprint density at radius 3 is 2.12 bits per heavy atom. The topological polar surface area (TPSA) is 12.0 Å². The van der Waals surface area contributed by atoms with E-state index in [0.717, 1.165) is 19.4 Å². The second-order valence-corrected chi connectivity index (χ2v) is 8.28. The summed E-state index contributed by atoms with van der Waals surface area (Å²) in [7, 11) is 2.02. The maximum Gasteiger partial charge on any atom is 0.0207 e. The molecule has 0 radical (unpaired) electrons. The quantitative estimate of drug-likeness (QED) is 0.532. The molecule has 0 atom stereocenters. The van der Waals surface area contributed by atoms with E-state index >= 15 is 0 Å². The molecule has 1 aromatic carbocycles. The van der Waals surface area contributed by atoms with Crippen LogP contribution in [-0.4, -0.2) is 13.6 Å². The van der Waals surface area contributed by atoms with E-state index in [0.29, 0.717) is 11.3 Å². The molecule has 0 spiro atoms. The highest BCUT2D eigenvalue weighted by Gasteiger charge is 2.15. The minimum atomic E-state index is 0.366. The number of hydrogen-bond acceptors (Lipinski definition) is 1. The summed E-state index contributed by atoms with van der Waals surface area (Å²) in [6.07, 6.45) is 3.46. The fourth-order valence-electron chi connectivity index (χ4n) is 2.93. The van der Waals surface area contributed by atoms with Crippen molar-refractivity contribution in [2.75, 3.05) is 13.6 Å². The first-order valence-electron chi connectivity index (χ1n) is 9.34. The van der Waals surface area contributed by atoms with Crippen molar-refractivity contribution in [2.24, 2.45) is 5.41 Å². The molecule has 24 heavy (non-hydrogen) atoms. The summed E-state index contributed by atoms with van der Waals surface area (Å²) in [6, 6.07) is 8.93. The van der Waals surface area contributed by atoms with Crippen LogP contribution < -0.4 is 5.32 Å². The molecule has 1 nitrogen and oxygen atoms in total. The van der Waals surface area contributed by atoms with E-state index in [1.165, 1.54) is 34.3 Å². The van der Waals surface area contributed by atoms with E-state index in [1.54, 1.807) is 0 Å². The number of rotatable bonds is 8. The number of likely N-dealkylation sites (N-methyl/N-ethyl adjacent to an activating group) is 1. The van der Waals surface area contributed by atoms with Gasteiger partial charge in [-0.25, -0.2) is 0 Å². The van der Waals surface area contributed by atoms with Gasteiger partial charge in [0.2, 0.25) is 0 Å². The molecule has 1 heteroatoms. The van der Waals surface area contributed by atoms with Gasteiger partial charge in [-0.3, -0.25) is 0 Å². The molecule has 0 bridgehead atoms. The Labute approximate surface area is 150 Å². The zero-order chi connectivity index (χ0) is 18.3. The van der Waals surface area contributed by atoms with Crippen LogP contribution in [0.15, 0.2) is 42.0 Å². The summed E-state index contributed by atoms with van der Waals surface area (Å²) in [4.78, 5) is 0. The van der Waals surface area contributed by atoms with Gasteiger partial charge in [-0.2, -0.15) is 0 Å². The molecule has 0 aromatic heterocycles. The van der Waals surface area contributed by atoms with Crippen molar-refractivity contribution in [3.05, 3.63) is 53.1 Å². The van der Waals surface area contributed by atoms with Gasteiger partial charge in [0.05, 0.1) is 0 Å². The van der Waals surface area contributed by atoms with Crippen LogP contribution in [0.2, 0.25) is 0 Å². The van der Waals surface area contributed by atoms with Gasteiger partial charge < -0.3 is 5.32 Å². The molecular weight excluding hydrogens is 290 g/mol. The molecule has 1 aromatic rings. The van der Waals surface area contributed by atoms with E-state index in [2.05, 4.69) is 77.7 Å². The van der Waals surface area contributed by atoms with Gasteiger partial charge in [-0.05, 0) is 59.9 Å².